The largest absolute Gasteiger partial charge is 0.494 e. The van der Waals surface area contributed by atoms with E-state index in [1.807, 2.05) is 0 Å². The molecule has 3 rings (SSSR count). The van der Waals surface area contributed by atoms with E-state index in [1.165, 1.54) is 19.2 Å². The Kier molecular flexibility index (Phi) is 7.38. The zero-order chi connectivity index (χ0) is 21.7. The quantitative estimate of drug-likeness (QED) is 0.429. The normalized spacial score (nSPS) is 18.6. The molecule has 0 radical (unpaired) electrons. The van der Waals surface area contributed by atoms with Gasteiger partial charge in [-0.15, -0.1) is 0 Å². The van der Waals surface area contributed by atoms with Gasteiger partial charge in [0, 0.05) is 18.1 Å². The van der Waals surface area contributed by atoms with Crippen LogP contribution in [0.5, 0.6) is 5.75 Å². The van der Waals surface area contributed by atoms with Crippen molar-refractivity contribution in [3.8, 4) is 17.6 Å². The summed E-state index contributed by atoms with van der Waals surface area (Å²) in [6.45, 7) is 2.27. The molecule has 2 aromatic carbocycles. The Morgan fingerprint density at radius 3 is 2.30 bits per heavy atom. The predicted molar refractivity (Wildman–Crippen MR) is 106 cm³/mol. The van der Waals surface area contributed by atoms with Crippen LogP contribution in [-0.4, -0.2) is 13.7 Å². The minimum Gasteiger partial charge on any atom is -0.494 e. The number of rotatable bonds is 5. The van der Waals surface area contributed by atoms with Crippen LogP contribution in [0.25, 0.3) is 0 Å². The smallest absolute Gasteiger partial charge is 0.201 e. The van der Waals surface area contributed by atoms with Gasteiger partial charge >= 0.3 is 0 Å². The first-order valence-corrected chi connectivity index (χ1v) is 10.0. The molecule has 6 heteroatoms. The average Bonchev–Trinajstić information content (AvgIpc) is 2.76. The molecule has 0 bridgehead atoms. The van der Waals surface area contributed by atoms with Gasteiger partial charge in [-0.3, -0.25) is 0 Å². The summed E-state index contributed by atoms with van der Waals surface area (Å²) >= 11 is 0. The van der Waals surface area contributed by atoms with E-state index in [0.29, 0.717) is 37.9 Å². The Balaban J connectivity index is 1.66. The van der Waals surface area contributed by atoms with E-state index in [9.17, 15) is 17.6 Å². The minimum atomic E-state index is -1.06. The molecule has 160 valence electrons. The first-order valence-electron chi connectivity index (χ1n) is 10.0. The maximum atomic E-state index is 14.5. The molecule has 0 unspecified atom stereocenters. The molecule has 0 spiro atoms. The lowest BCUT2D eigenvalue weighted by atomic mass is 9.78. The maximum absolute atomic E-state index is 14.5. The molecule has 0 heterocycles. The molecule has 2 nitrogen and oxygen atoms in total. The highest BCUT2D eigenvalue weighted by Gasteiger charge is 2.26. The van der Waals surface area contributed by atoms with Crippen molar-refractivity contribution in [3.63, 3.8) is 0 Å². The molecule has 30 heavy (non-hydrogen) atoms. The molecule has 0 amide bonds. The molecule has 0 N–H and O–H groups in total. The predicted octanol–water partition coefficient (Wildman–Crippen LogP) is 6.11. The van der Waals surface area contributed by atoms with Crippen molar-refractivity contribution in [2.24, 2.45) is 5.92 Å². The van der Waals surface area contributed by atoms with E-state index >= 15 is 0 Å². The first kappa shape index (κ1) is 22.2. The summed E-state index contributed by atoms with van der Waals surface area (Å²) in [6.07, 6.45) is 2.67. The maximum Gasteiger partial charge on any atom is 0.201 e. The Labute approximate surface area is 174 Å². The van der Waals surface area contributed by atoms with Gasteiger partial charge in [-0.1, -0.05) is 24.0 Å². The standard InChI is InChI=1S/C24H24F4O2/c1-3-30-14-18-10-12-19(23(27)22(18)26)16-7-4-15(5-8-16)6-9-17-11-13-20(29-2)24(28)21(17)25/h10-13,15-16H,3-5,7-8,14H2,1-2H3. The van der Waals surface area contributed by atoms with E-state index in [0.717, 1.165) is 0 Å². The minimum absolute atomic E-state index is 0.00375. The number of benzene rings is 2. The zero-order valence-corrected chi connectivity index (χ0v) is 17.0. The monoisotopic (exact) mass is 420 g/mol. The highest BCUT2D eigenvalue weighted by atomic mass is 19.2. The molecule has 1 saturated carbocycles. The fourth-order valence-corrected chi connectivity index (χ4v) is 3.76. The van der Waals surface area contributed by atoms with Gasteiger partial charge in [0.15, 0.2) is 23.2 Å². The summed E-state index contributed by atoms with van der Waals surface area (Å²) < 4.78 is 66.6. The van der Waals surface area contributed by atoms with Crippen molar-refractivity contribution >= 4 is 0 Å². The van der Waals surface area contributed by atoms with Gasteiger partial charge in [0.25, 0.3) is 0 Å². The Morgan fingerprint density at radius 1 is 0.900 bits per heavy atom. The van der Waals surface area contributed by atoms with Crippen molar-refractivity contribution < 1.29 is 27.0 Å². The van der Waals surface area contributed by atoms with Gasteiger partial charge < -0.3 is 9.47 Å². The van der Waals surface area contributed by atoms with Crippen molar-refractivity contribution in [2.45, 2.75) is 45.1 Å². The SMILES string of the molecule is CCOCc1ccc(C2CCC(C#Cc3ccc(OC)c(F)c3F)CC2)c(F)c1F. The number of halogens is 4. The van der Waals surface area contributed by atoms with Crippen molar-refractivity contribution in [1.82, 2.24) is 0 Å². The molecular weight excluding hydrogens is 396 g/mol. The van der Waals surface area contributed by atoms with Crippen molar-refractivity contribution in [3.05, 3.63) is 64.2 Å². The summed E-state index contributed by atoms with van der Waals surface area (Å²) in [4.78, 5) is 0. The molecule has 0 atom stereocenters. The van der Waals surface area contributed by atoms with Gasteiger partial charge in [-0.2, -0.15) is 4.39 Å². The second-order valence-electron chi connectivity index (χ2n) is 7.34. The van der Waals surface area contributed by atoms with Crippen LogP contribution in [0.4, 0.5) is 17.6 Å². The van der Waals surface area contributed by atoms with Crippen LogP contribution in [-0.2, 0) is 11.3 Å². The van der Waals surface area contributed by atoms with Crippen LogP contribution in [0.3, 0.4) is 0 Å². The van der Waals surface area contributed by atoms with Crippen LogP contribution in [0.1, 0.15) is 55.2 Å². The fourth-order valence-electron chi connectivity index (χ4n) is 3.76. The van der Waals surface area contributed by atoms with Crippen LogP contribution in [0.2, 0.25) is 0 Å². The molecular formula is C24H24F4O2. The molecule has 0 aromatic heterocycles. The third-order valence-corrected chi connectivity index (χ3v) is 5.50. The highest BCUT2D eigenvalue weighted by molar-refractivity contribution is 5.41. The van der Waals surface area contributed by atoms with Crippen molar-refractivity contribution in [1.29, 1.82) is 0 Å². The van der Waals surface area contributed by atoms with E-state index in [4.69, 9.17) is 9.47 Å². The molecule has 0 aliphatic heterocycles. The average molecular weight is 420 g/mol. The van der Waals surface area contributed by atoms with Crippen LogP contribution >= 0.6 is 0 Å². The topological polar surface area (TPSA) is 18.5 Å². The van der Waals surface area contributed by atoms with Gasteiger partial charge in [-0.25, -0.2) is 13.2 Å². The summed E-state index contributed by atoms with van der Waals surface area (Å²) in [7, 11) is 1.27. The van der Waals surface area contributed by atoms with Crippen LogP contribution < -0.4 is 4.74 Å². The number of methoxy groups -OCH3 is 1. The summed E-state index contributed by atoms with van der Waals surface area (Å²) in [6, 6.07) is 5.94. The summed E-state index contributed by atoms with van der Waals surface area (Å²) in [5, 5.41) is 0. The van der Waals surface area contributed by atoms with Gasteiger partial charge in [0.1, 0.15) is 0 Å². The van der Waals surface area contributed by atoms with E-state index in [2.05, 4.69) is 11.8 Å². The molecule has 1 fully saturated rings. The molecule has 1 aliphatic rings. The lowest BCUT2D eigenvalue weighted by Crippen LogP contribution is -2.14. The third kappa shape index (κ3) is 4.79. The molecule has 2 aromatic rings. The first-order chi connectivity index (χ1) is 14.5. The number of hydrogen-bond donors (Lipinski definition) is 0. The second kappa shape index (κ2) is 9.99. The van der Waals surface area contributed by atoms with Crippen LogP contribution in [0.15, 0.2) is 24.3 Å². The van der Waals surface area contributed by atoms with Crippen molar-refractivity contribution in [2.75, 3.05) is 13.7 Å². The zero-order valence-electron chi connectivity index (χ0n) is 17.0. The van der Waals surface area contributed by atoms with Gasteiger partial charge in [0.05, 0.1) is 19.3 Å². The van der Waals surface area contributed by atoms with Gasteiger partial charge in [0.2, 0.25) is 5.82 Å². The number of ether oxygens (including phenoxy) is 2. The van der Waals surface area contributed by atoms with E-state index in [1.54, 1.807) is 19.1 Å². The third-order valence-electron chi connectivity index (χ3n) is 5.50. The fraction of sp³-hybridized carbons (Fsp3) is 0.417. The number of hydrogen-bond acceptors (Lipinski definition) is 2. The summed E-state index contributed by atoms with van der Waals surface area (Å²) in [5.41, 5.74) is 0.572. The Morgan fingerprint density at radius 2 is 1.63 bits per heavy atom. The second-order valence-corrected chi connectivity index (χ2v) is 7.34. The van der Waals surface area contributed by atoms with Gasteiger partial charge in [-0.05, 0) is 56.2 Å². The van der Waals surface area contributed by atoms with E-state index in [-0.39, 0.29) is 35.3 Å². The Bertz CT molecular complexity index is 954. The molecule has 1 aliphatic carbocycles. The van der Waals surface area contributed by atoms with Crippen LogP contribution in [0, 0.1) is 41.0 Å². The highest BCUT2D eigenvalue weighted by Crippen LogP contribution is 2.37. The summed E-state index contributed by atoms with van der Waals surface area (Å²) in [5.74, 6) is 1.70. The Hall–Kier alpha value is -2.52. The van der Waals surface area contributed by atoms with E-state index < -0.39 is 23.3 Å². The lowest BCUT2D eigenvalue weighted by Gasteiger charge is -2.26. The molecule has 0 saturated heterocycles. The lowest BCUT2D eigenvalue weighted by molar-refractivity contribution is 0.131.